The molecule has 19 heavy (non-hydrogen) atoms. The number of nitrogen functional groups attached to an aromatic ring is 1. The van der Waals surface area contributed by atoms with Gasteiger partial charge < -0.3 is 10.6 Å². The van der Waals surface area contributed by atoms with Crippen molar-refractivity contribution in [3.8, 4) is 0 Å². The maximum absolute atomic E-state index is 12.3. The lowest BCUT2D eigenvalue weighted by Gasteiger charge is -2.17. The molecule has 0 radical (unpaired) electrons. The number of carbonyl (C=O) groups is 1. The van der Waals surface area contributed by atoms with Crippen molar-refractivity contribution in [3.63, 3.8) is 0 Å². The molecule has 2 N–H and O–H groups in total. The number of rotatable bonds is 3. The lowest BCUT2D eigenvalue weighted by atomic mass is 10.1. The number of hydrogen-bond donors (Lipinski definition) is 1. The van der Waals surface area contributed by atoms with Crippen LogP contribution < -0.4 is 5.73 Å². The molecule has 0 fully saturated rings. The predicted octanol–water partition coefficient (Wildman–Crippen LogP) is 2.24. The van der Waals surface area contributed by atoms with E-state index in [-0.39, 0.29) is 5.91 Å². The average molecular weight is 255 g/mol. The minimum absolute atomic E-state index is 0.0458. The van der Waals surface area contributed by atoms with Gasteiger partial charge in [-0.1, -0.05) is 12.1 Å². The summed E-state index contributed by atoms with van der Waals surface area (Å²) in [6.07, 6.45) is 3.47. The van der Waals surface area contributed by atoms with Crippen LogP contribution in [0.3, 0.4) is 0 Å². The van der Waals surface area contributed by atoms with Gasteiger partial charge in [-0.05, 0) is 36.2 Å². The third-order valence-corrected chi connectivity index (χ3v) is 3.02. The van der Waals surface area contributed by atoms with Crippen molar-refractivity contribution in [1.29, 1.82) is 0 Å². The van der Waals surface area contributed by atoms with Crippen molar-refractivity contribution in [2.45, 2.75) is 13.5 Å². The van der Waals surface area contributed by atoms with Gasteiger partial charge in [0.15, 0.2) is 0 Å². The van der Waals surface area contributed by atoms with Crippen LogP contribution in [0.4, 0.5) is 5.69 Å². The highest BCUT2D eigenvalue weighted by Crippen LogP contribution is 2.15. The van der Waals surface area contributed by atoms with Crippen LogP contribution in [-0.2, 0) is 6.54 Å². The molecule has 0 saturated carbocycles. The lowest BCUT2D eigenvalue weighted by Crippen LogP contribution is -2.26. The molecular weight excluding hydrogens is 238 g/mol. The second-order valence-corrected chi connectivity index (χ2v) is 4.59. The van der Waals surface area contributed by atoms with E-state index in [1.165, 1.54) is 0 Å². The van der Waals surface area contributed by atoms with Crippen LogP contribution in [0.2, 0.25) is 0 Å². The Labute approximate surface area is 112 Å². The number of amides is 1. The van der Waals surface area contributed by atoms with Crippen LogP contribution in [-0.4, -0.2) is 22.8 Å². The number of aromatic nitrogens is 1. The van der Waals surface area contributed by atoms with E-state index in [0.717, 1.165) is 11.1 Å². The second-order valence-electron chi connectivity index (χ2n) is 4.59. The SMILES string of the molecule is Cc1ccc(C(=O)N(C)Cc2cccnc2)cc1N. The van der Waals surface area contributed by atoms with Crippen molar-refractivity contribution < 1.29 is 4.79 Å². The molecule has 1 heterocycles. The summed E-state index contributed by atoms with van der Waals surface area (Å²) < 4.78 is 0. The first kappa shape index (κ1) is 13.1. The molecule has 0 bridgehead atoms. The summed E-state index contributed by atoms with van der Waals surface area (Å²) in [5, 5.41) is 0. The van der Waals surface area contributed by atoms with Gasteiger partial charge in [-0.25, -0.2) is 0 Å². The van der Waals surface area contributed by atoms with Crippen molar-refractivity contribution in [2.75, 3.05) is 12.8 Å². The van der Waals surface area contributed by atoms with Crippen LogP contribution in [0, 0.1) is 6.92 Å². The predicted molar refractivity (Wildman–Crippen MR) is 75.6 cm³/mol. The summed E-state index contributed by atoms with van der Waals surface area (Å²) in [5.74, 6) is -0.0458. The van der Waals surface area contributed by atoms with Gasteiger partial charge in [0, 0.05) is 37.2 Å². The van der Waals surface area contributed by atoms with Crippen LogP contribution in [0.15, 0.2) is 42.7 Å². The fraction of sp³-hybridized carbons (Fsp3) is 0.200. The Balaban J connectivity index is 2.12. The Morgan fingerprint density at radius 1 is 1.37 bits per heavy atom. The number of anilines is 1. The van der Waals surface area contributed by atoms with Crippen LogP contribution in [0.5, 0.6) is 0 Å². The standard InChI is InChI=1S/C15H17N3O/c1-11-5-6-13(8-14(11)16)15(19)18(2)10-12-4-3-7-17-9-12/h3-9H,10,16H2,1-2H3. The van der Waals surface area contributed by atoms with E-state index in [9.17, 15) is 4.79 Å². The van der Waals surface area contributed by atoms with E-state index in [1.807, 2.05) is 25.1 Å². The number of nitrogens with two attached hydrogens (primary N) is 1. The molecule has 2 rings (SSSR count). The highest BCUT2D eigenvalue weighted by atomic mass is 16.2. The molecule has 0 saturated heterocycles. The van der Waals surface area contributed by atoms with E-state index in [0.29, 0.717) is 17.8 Å². The first-order chi connectivity index (χ1) is 9.08. The number of nitrogens with zero attached hydrogens (tertiary/aromatic N) is 2. The average Bonchev–Trinajstić information content (AvgIpc) is 2.42. The summed E-state index contributed by atoms with van der Waals surface area (Å²) in [6, 6.07) is 9.18. The molecule has 4 nitrogen and oxygen atoms in total. The first-order valence-electron chi connectivity index (χ1n) is 6.08. The molecule has 1 amide bonds. The van der Waals surface area contributed by atoms with Gasteiger partial charge >= 0.3 is 0 Å². The molecule has 1 aromatic carbocycles. The molecule has 0 aliphatic carbocycles. The Morgan fingerprint density at radius 3 is 2.79 bits per heavy atom. The summed E-state index contributed by atoms with van der Waals surface area (Å²) in [4.78, 5) is 18.0. The molecule has 2 aromatic rings. The van der Waals surface area contributed by atoms with Crippen molar-refractivity contribution in [1.82, 2.24) is 9.88 Å². The number of carbonyl (C=O) groups excluding carboxylic acids is 1. The first-order valence-corrected chi connectivity index (χ1v) is 6.08. The number of benzene rings is 1. The number of pyridine rings is 1. The van der Waals surface area contributed by atoms with Gasteiger partial charge in [0.05, 0.1) is 0 Å². The van der Waals surface area contributed by atoms with Gasteiger partial charge in [-0.3, -0.25) is 9.78 Å². The minimum atomic E-state index is -0.0458. The van der Waals surface area contributed by atoms with Gasteiger partial charge in [-0.2, -0.15) is 0 Å². The third-order valence-electron chi connectivity index (χ3n) is 3.02. The van der Waals surface area contributed by atoms with E-state index < -0.39 is 0 Å². The van der Waals surface area contributed by atoms with E-state index >= 15 is 0 Å². The molecule has 0 aliphatic heterocycles. The molecule has 0 aliphatic rings. The molecule has 1 aromatic heterocycles. The number of hydrogen-bond acceptors (Lipinski definition) is 3. The molecule has 98 valence electrons. The maximum atomic E-state index is 12.3. The van der Waals surface area contributed by atoms with Crippen molar-refractivity contribution in [2.24, 2.45) is 0 Å². The zero-order valence-corrected chi connectivity index (χ0v) is 11.1. The van der Waals surface area contributed by atoms with Gasteiger partial charge in [0.25, 0.3) is 5.91 Å². The molecular formula is C15H17N3O. The summed E-state index contributed by atoms with van der Waals surface area (Å²) in [7, 11) is 1.77. The minimum Gasteiger partial charge on any atom is -0.398 e. The fourth-order valence-corrected chi connectivity index (χ4v) is 1.83. The normalized spacial score (nSPS) is 10.2. The van der Waals surface area contributed by atoms with Gasteiger partial charge in [0.2, 0.25) is 0 Å². The maximum Gasteiger partial charge on any atom is 0.253 e. The Morgan fingerprint density at radius 2 is 2.16 bits per heavy atom. The van der Waals surface area contributed by atoms with E-state index in [1.54, 1.807) is 36.5 Å². The molecule has 0 spiro atoms. The molecule has 0 atom stereocenters. The molecule has 0 unspecified atom stereocenters. The highest BCUT2D eigenvalue weighted by Gasteiger charge is 2.12. The van der Waals surface area contributed by atoms with Crippen molar-refractivity contribution >= 4 is 11.6 Å². The molecule has 4 heteroatoms. The summed E-state index contributed by atoms with van der Waals surface area (Å²) >= 11 is 0. The monoisotopic (exact) mass is 255 g/mol. The Bertz CT molecular complexity index is 581. The third kappa shape index (κ3) is 3.10. The lowest BCUT2D eigenvalue weighted by molar-refractivity contribution is 0.0785. The largest absolute Gasteiger partial charge is 0.398 e. The fourth-order valence-electron chi connectivity index (χ4n) is 1.83. The Kier molecular flexibility index (Phi) is 3.80. The summed E-state index contributed by atoms with van der Waals surface area (Å²) in [5.41, 5.74) is 9.05. The smallest absolute Gasteiger partial charge is 0.253 e. The van der Waals surface area contributed by atoms with E-state index in [2.05, 4.69) is 4.98 Å². The van der Waals surface area contributed by atoms with Gasteiger partial charge in [-0.15, -0.1) is 0 Å². The quantitative estimate of drug-likeness (QED) is 0.856. The van der Waals surface area contributed by atoms with Gasteiger partial charge in [0.1, 0.15) is 0 Å². The van der Waals surface area contributed by atoms with Crippen LogP contribution in [0.1, 0.15) is 21.5 Å². The van der Waals surface area contributed by atoms with E-state index in [4.69, 9.17) is 5.73 Å². The topological polar surface area (TPSA) is 59.2 Å². The van der Waals surface area contributed by atoms with Crippen LogP contribution in [0.25, 0.3) is 0 Å². The highest BCUT2D eigenvalue weighted by molar-refractivity contribution is 5.95. The Hall–Kier alpha value is -2.36. The zero-order chi connectivity index (χ0) is 13.8. The van der Waals surface area contributed by atoms with Crippen LogP contribution >= 0.6 is 0 Å². The van der Waals surface area contributed by atoms with Crippen molar-refractivity contribution in [3.05, 3.63) is 59.4 Å². The zero-order valence-electron chi connectivity index (χ0n) is 11.1. The number of aryl methyl sites for hydroxylation is 1. The second kappa shape index (κ2) is 5.52. The summed E-state index contributed by atoms with van der Waals surface area (Å²) in [6.45, 7) is 2.45.